The second kappa shape index (κ2) is 7.07. The predicted octanol–water partition coefficient (Wildman–Crippen LogP) is 6.74. The minimum Gasteiger partial charge on any atom is -0.481 e. The molecule has 3 nitrogen and oxygen atoms in total. The van der Waals surface area contributed by atoms with Crippen molar-refractivity contribution in [1.82, 2.24) is 0 Å². The maximum absolute atomic E-state index is 13.0. The summed E-state index contributed by atoms with van der Waals surface area (Å²) in [6.07, 6.45) is 10.00. The SMILES string of the molecule is CC(C)[C@H]1CC[C@@H]2[C@]1(C)CC[C@]1(C)C3CCC(=O)[C@@H](CCC(=O)O)[C@]3(C)CC[C@@]21C. The summed E-state index contributed by atoms with van der Waals surface area (Å²) in [6, 6.07) is 0. The highest BCUT2D eigenvalue weighted by Crippen LogP contribution is 2.76. The van der Waals surface area contributed by atoms with Gasteiger partial charge in [0.2, 0.25) is 0 Å². The minimum atomic E-state index is -0.764. The normalized spacial score (nSPS) is 50.7. The molecule has 4 aliphatic rings. The van der Waals surface area contributed by atoms with Gasteiger partial charge in [0.05, 0.1) is 0 Å². The molecule has 4 aliphatic carbocycles. The van der Waals surface area contributed by atoms with Gasteiger partial charge in [0.15, 0.2) is 0 Å². The smallest absolute Gasteiger partial charge is 0.303 e. The lowest BCUT2D eigenvalue weighted by atomic mass is 9.34. The van der Waals surface area contributed by atoms with Crippen LogP contribution in [0.1, 0.15) is 106 Å². The highest BCUT2D eigenvalue weighted by atomic mass is 16.4. The van der Waals surface area contributed by atoms with E-state index in [-0.39, 0.29) is 23.2 Å². The maximum Gasteiger partial charge on any atom is 0.303 e. The zero-order chi connectivity index (χ0) is 22.1. The molecular weight excluding hydrogens is 372 g/mol. The molecule has 4 fully saturated rings. The molecule has 170 valence electrons. The molecule has 0 heterocycles. The quantitative estimate of drug-likeness (QED) is 0.552. The van der Waals surface area contributed by atoms with Crippen LogP contribution in [0.3, 0.4) is 0 Å². The van der Waals surface area contributed by atoms with E-state index in [9.17, 15) is 14.7 Å². The lowest BCUT2D eigenvalue weighted by Gasteiger charge is -2.70. The molecule has 8 atom stereocenters. The van der Waals surface area contributed by atoms with Gasteiger partial charge in [-0.2, -0.15) is 0 Å². The van der Waals surface area contributed by atoms with Crippen LogP contribution in [0.25, 0.3) is 0 Å². The molecule has 0 saturated heterocycles. The summed E-state index contributed by atoms with van der Waals surface area (Å²) in [4.78, 5) is 24.3. The Morgan fingerprint density at radius 3 is 2.07 bits per heavy atom. The van der Waals surface area contributed by atoms with Crippen LogP contribution in [0.5, 0.6) is 0 Å². The van der Waals surface area contributed by atoms with Crippen molar-refractivity contribution in [2.45, 2.75) is 106 Å². The lowest BCUT2D eigenvalue weighted by molar-refractivity contribution is -0.219. The van der Waals surface area contributed by atoms with E-state index in [1.54, 1.807) is 0 Å². The van der Waals surface area contributed by atoms with Gasteiger partial charge in [0, 0.05) is 18.8 Å². The predicted molar refractivity (Wildman–Crippen MR) is 120 cm³/mol. The monoisotopic (exact) mass is 416 g/mol. The highest BCUT2D eigenvalue weighted by Gasteiger charge is 2.70. The van der Waals surface area contributed by atoms with Crippen LogP contribution in [0.15, 0.2) is 0 Å². The standard InChI is InChI=1S/C27H44O3/c1-17(2)18-7-10-21-24(18,3)13-15-27(6)22-11-9-20(28)19(8-12-23(29)30)25(22,4)14-16-26(21,27)5/h17-19,21-22H,7-16H2,1-6H3,(H,29,30)/t18-,19-,21-,22?,24-,25+,26+,27-/m1/s1. The number of carbonyl (C=O) groups is 2. The van der Waals surface area contributed by atoms with E-state index < -0.39 is 5.97 Å². The Morgan fingerprint density at radius 2 is 1.50 bits per heavy atom. The van der Waals surface area contributed by atoms with E-state index in [0.29, 0.717) is 35.4 Å². The second-order valence-electron chi connectivity index (χ2n) is 12.9. The van der Waals surface area contributed by atoms with E-state index in [2.05, 4.69) is 41.5 Å². The number of fused-ring (bicyclic) bond motifs is 5. The molecule has 0 aromatic rings. The third-order valence-corrected chi connectivity index (χ3v) is 11.7. The van der Waals surface area contributed by atoms with Gasteiger partial charge in [0.1, 0.15) is 5.78 Å². The molecule has 1 N–H and O–H groups in total. The Morgan fingerprint density at radius 1 is 0.933 bits per heavy atom. The largest absolute Gasteiger partial charge is 0.481 e. The van der Waals surface area contributed by atoms with Crippen LogP contribution >= 0.6 is 0 Å². The third-order valence-electron chi connectivity index (χ3n) is 11.7. The summed E-state index contributed by atoms with van der Waals surface area (Å²) >= 11 is 0. The number of carboxylic acids is 1. The Labute approximate surface area is 183 Å². The molecule has 0 spiro atoms. The Balaban J connectivity index is 1.69. The summed E-state index contributed by atoms with van der Waals surface area (Å²) in [6.45, 7) is 15.0. The van der Waals surface area contributed by atoms with Gasteiger partial charge in [-0.1, -0.05) is 41.5 Å². The van der Waals surface area contributed by atoms with Crippen molar-refractivity contribution in [3.8, 4) is 0 Å². The summed E-state index contributed by atoms with van der Waals surface area (Å²) in [7, 11) is 0. The minimum absolute atomic E-state index is 0.0250. The van der Waals surface area contributed by atoms with Crippen molar-refractivity contribution in [1.29, 1.82) is 0 Å². The molecule has 0 aliphatic heterocycles. The highest BCUT2D eigenvalue weighted by molar-refractivity contribution is 5.83. The first-order chi connectivity index (χ1) is 13.9. The average molecular weight is 417 g/mol. The van der Waals surface area contributed by atoms with Crippen molar-refractivity contribution >= 4 is 11.8 Å². The number of carboxylic acid groups (broad SMARTS) is 1. The molecule has 0 amide bonds. The van der Waals surface area contributed by atoms with Crippen LogP contribution in [0, 0.1) is 51.2 Å². The fraction of sp³-hybridized carbons (Fsp3) is 0.926. The fourth-order valence-corrected chi connectivity index (χ4v) is 10.1. The second-order valence-corrected chi connectivity index (χ2v) is 12.9. The number of ketones is 1. The Kier molecular flexibility index (Phi) is 5.27. The summed E-state index contributed by atoms with van der Waals surface area (Å²) in [5.41, 5.74) is 1.04. The first-order valence-corrected chi connectivity index (χ1v) is 12.6. The number of Topliss-reactive ketones (excluding diaryl/α,β-unsaturated/α-hetero) is 1. The van der Waals surface area contributed by atoms with E-state index in [1.165, 1.54) is 32.1 Å². The summed E-state index contributed by atoms with van der Waals surface area (Å²) in [5, 5.41) is 9.28. The van der Waals surface area contributed by atoms with Crippen molar-refractivity contribution < 1.29 is 14.7 Å². The molecular formula is C27H44O3. The van der Waals surface area contributed by atoms with Crippen LogP contribution in [0.4, 0.5) is 0 Å². The van der Waals surface area contributed by atoms with E-state index in [4.69, 9.17) is 0 Å². The molecule has 0 aromatic carbocycles. The molecule has 4 saturated carbocycles. The maximum atomic E-state index is 13.0. The zero-order valence-corrected chi connectivity index (χ0v) is 20.2. The van der Waals surface area contributed by atoms with Crippen molar-refractivity contribution in [3.63, 3.8) is 0 Å². The van der Waals surface area contributed by atoms with Crippen molar-refractivity contribution in [2.24, 2.45) is 51.2 Å². The van der Waals surface area contributed by atoms with Gasteiger partial charge in [-0.15, -0.1) is 0 Å². The number of hydrogen-bond donors (Lipinski definition) is 1. The molecule has 0 bridgehead atoms. The summed E-state index contributed by atoms with van der Waals surface area (Å²) in [5.74, 6) is 2.44. The van der Waals surface area contributed by atoms with Crippen LogP contribution in [-0.4, -0.2) is 16.9 Å². The van der Waals surface area contributed by atoms with Crippen LogP contribution < -0.4 is 0 Å². The fourth-order valence-electron chi connectivity index (χ4n) is 10.1. The Bertz CT molecular complexity index is 728. The lowest BCUT2D eigenvalue weighted by Crippen LogP contribution is -2.64. The van der Waals surface area contributed by atoms with Gasteiger partial charge >= 0.3 is 5.97 Å². The van der Waals surface area contributed by atoms with Gasteiger partial charge in [0.25, 0.3) is 0 Å². The molecule has 30 heavy (non-hydrogen) atoms. The number of carbonyl (C=O) groups excluding carboxylic acids is 1. The number of hydrogen-bond acceptors (Lipinski definition) is 2. The average Bonchev–Trinajstić information content (AvgIpc) is 3.01. The molecule has 0 radical (unpaired) electrons. The van der Waals surface area contributed by atoms with Crippen LogP contribution in [-0.2, 0) is 9.59 Å². The zero-order valence-electron chi connectivity index (χ0n) is 20.2. The number of rotatable bonds is 4. The van der Waals surface area contributed by atoms with Gasteiger partial charge in [-0.25, -0.2) is 0 Å². The first-order valence-electron chi connectivity index (χ1n) is 12.6. The summed E-state index contributed by atoms with van der Waals surface area (Å²) < 4.78 is 0. The molecule has 0 aromatic heterocycles. The van der Waals surface area contributed by atoms with Crippen LogP contribution in [0.2, 0.25) is 0 Å². The van der Waals surface area contributed by atoms with Gasteiger partial charge in [-0.3, -0.25) is 9.59 Å². The van der Waals surface area contributed by atoms with Gasteiger partial charge in [-0.05, 0) is 96.7 Å². The Hall–Kier alpha value is -0.860. The van der Waals surface area contributed by atoms with E-state index >= 15 is 0 Å². The number of aliphatic carboxylic acids is 1. The molecule has 3 heteroatoms. The van der Waals surface area contributed by atoms with Crippen molar-refractivity contribution in [3.05, 3.63) is 0 Å². The van der Waals surface area contributed by atoms with E-state index in [0.717, 1.165) is 30.6 Å². The first kappa shape index (κ1) is 22.3. The molecule has 4 rings (SSSR count). The topological polar surface area (TPSA) is 54.4 Å². The molecule has 1 unspecified atom stereocenters. The van der Waals surface area contributed by atoms with Crippen molar-refractivity contribution in [2.75, 3.05) is 0 Å². The third kappa shape index (κ3) is 2.82. The van der Waals surface area contributed by atoms with Gasteiger partial charge < -0.3 is 5.11 Å². The van der Waals surface area contributed by atoms with E-state index in [1.807, 2.05) is 0 Å².